The van der Waals surface area contributed by atoms with E-state index in [-0.39, 0.29) is 6.61 Å². The van der Waals surface area contributed by atoms with Crippen LogP contribution >= 0.6 is 0 Å². The van der Waals surface area contributed by atoms with Crippen molar-refractivity contribution in [2.75, 3.05) is 19.7 Å². The van der Waals surface area contributed by atoms with E-state index < -0.39 is 6.09 Å². The second-order valence-corrected chi connectivity index (χ2v) is 2.85. The molecule has 0 aliphatic carbocycles. The molecule has 0 saturated carbocycles. The summed E-state index contributed by atoms with van der Waals surface area (Å²) in [5, 5.41) is 0. The highest BCUT2D eigenvalue weighted by Crippen LogP contribution is 2.09. The van der Waals surface area contributed by atoms with Crippen LogP contribution in [-0.2, 0) is 14.6 Å². The number of aldehydes is 1. The summed E-state index contributed by atoms with van der Waals surface area (Å²) in [6.07, 6.45) is 3.19. The second-order valence-electron chi connectivity index (χ2n) is 2.85. The lowest BCUT2D eigenvalue weighted by atomic mass is 10.1. The summed E-state index contributed by atoms with van der Waals surface area (Å²) >= 11 is 0. The lowest BCUT2D eigenvalue weighted by Crippen LogP contribution is -2.36. The number of likely N-dealkylation sites (tertiary alicyclic amines) is 1. The molecule has 0 radical (unpaired) electrons. The Kier molecular flexibility index (Phi) is 4.25. The number of hydrogen-bond donors (Lipinski definition) is 0. The molecule has 0 aromatic heterocycles. The van der Waals surface area contributed by atoms with E-state index in [4.69, 9.17) is 0 Å². The maximum atomic E-state index is 11.1. The van der Waals surface area contributed by atoms with Crippen molar-refractivity contribution in [3.05, 3.63) is 0 Å². The van der Waals surface area contributed by atoms with E-state index in [1.54, 1.807) is 4.90 Å². The first-order valence-electron chi connectivity index (χ1n) is 4.36. The SMILES string of the molecule is O=CCOOC(=O)N1CCCCC1. The van der Waals surface area contributed by atoms with E-state index in [0.717, 1.165) is 19.3 Å². The Hall–Kier alpha value is -1.10. The molecular weight excluding hydrogens is 174 g/mol. The highest BCUT2D eigenvalue weighted by atomic mass is 17.2. The van der Waals surface area contributed by atoms with E-state index in [2.05, 4.69) is 9.78 Å². The van der Waals surface area contributed by atoms with Crippen LogP contribution in [0.25, 0.3) is 0 Å². The molecule has 5 heteroatoms. The zero-order chi connectivity index (χ0) is 9.52. The van der Waals surface area contributed by atoms with Gasteiger partial charge in [-0.1, -0.05) is 0 Å². The fourth-order valence-corrected chi connectivity index (χ4v) is 1.24. The standard InChI is InChI=1S/C8H13NO4/c10-6-7-12-13-8(11)9-4-2-1-3-5-9/h6H,1-5,7H2. The number of hydrogen-bond acceptors (Lipinski definition) is 4. The Labute approximate surface area is 76.5 Å². The van der Waals surface area contributed by atoms with Crippen LogP contribution < -0.4 is 0 Å². The highest BCUT2D eigenvalue weighted by Gasteiger charge is 2.18. The summed E-state index contributed by atoms with van der Waals surface area (Å²) in [4.78, 5) is 31.3. The molecule has 1 aliphatic rings. The molecule has 1 fully saturated rings. The van der Waals surface area contributed by atoms with Gasteiger partial charge in [-0.3, -0.25) is 4.89 Å². The quantitative estimate of drug-likeness (QED) is 0.283. The molecule has 74 valence electrons. The lowest BCUT2D eigenvalue weighted by Gasteiger charge is -2.24. The van der Waals surface area contributed by atoms with Crippen molar-refractivity contribution in [2.24, 2.45) is 0 Å². The fraction of sp³-hybridized carbons (Fsp3) is 0.750. The third kappa shape index (κ3) is 3.42. The van der Waals surface area contributed by atoms with Gasteiger partial charge >= 0.3 is 6.09 Å². The Morgan fingerprint density at radius 2 is 2.00 bits per heavy atom. The van der Waals surface area contributed by atoms with Gasteiger partial charge in [0.15, 0.2) is 0 Å². The molecule has 1 rings (SSSR count). The summed E-state index contributed by atoms with van der Waals surface area (Å²) in [6, 6.07) is 0. The Balaban J connectivity index is 2.17. The van der Waals surface area contributed by atoms with Crippen LogP contribution in [0.3, 0.4) is 0 Å². The maximum absolute atomic E-state index is 11.1. The summed E-state index contributed by atoms with van der Waals surface area (Å²) in [5.41, 5.74) is 0. The van der Waals surface area contributed by atoms with Gasteiger partial charge < -0.3 is 9.69 Å². The van der Waals surface area contributed by atoms with E-state index in [0.29, 0.717) is 19.4 Å². The zero-order valence-corrected chi connectivity index (χ0v) is 7.40. The Bertz CT molecular complexity index is 177. The van der Waals surface area contributed by atoms with Crippen LogP contribution in [0, 0.1) is 0 Å². The first-order valence-corrected chi connectivity index (χ1v) is 4.36. The zero-order valence-electron chi connectivity index (χ0n) is 7.40. The Morgan fingerprint density at radius 1 is 1.31 bits per heavy atom. The summed E-state index contributed by atoms with van der Waals surface area (Å²) in [6.45, 7) is 1.21. The molecule has 0 aromatic carbocycles. The minimum atomic E-state index is -0.499. The molecule has 13 heavy (non-hydrogen) atoms. The molecule has 1 saturated heterocycles. The molecular formula is C8H13NO4. The average molecular weight is 187 g/mol. The van der Waals surface area contributed by atoms with Gasteiger partial charge in [-0.2, -0.15) is 4.89 Å². The van der Waals surface area contributed by atoms with Crippen LogP contribution in [0.4, 0.5) is 4.79 Å². The smallest absolute Gasteiger partial charge is 0.306 e. The van der Waals surface area contributed by atoms with Gasteiger partial charge in [-0.25, -0.2) is 4.79 Å². The van der Waals surface area contributed by atoms with Crippen LogP contribution in [0.5, 0.6) is 0 Å². The van der Waals surface area contributed by atoms with Gasteiger partial charge in [0.1, 0.15) is 12.9 Å². The number of amides is 1. The van der Waals surface area contributed by atoms with E-state index in [1.807, 2.05) is 0 Å². The number of piperidine rings is 1. The molecule has 5 nitrogen and oxygen atoms in total. The molecule has 0 unspecified atom stereocenters. The Morgan fingerprint density at radius 3 is 2.62 bits per heavy atom. The lowest BCUT2D eigenvalue weighted by molar-refractivity contribution is -0.239. The summed E-state index contributed by atoms with van der Waals surface area (Å²) in [5.74, 6) is 0. The van der Waals surface area contributed by atoms with Crippen LogP contribution in [0.15, 0.2) is 0 Å². The minimum Gasteiger partial charge on any atom is -0.306 e. The van der Waals surface area contributed by atoms with Crippen molar-refractivity contribution in [1.82, 2.24) is 4.90 Å². The number of carbonyl (C=O) groups is 2. The molecule has 0 bridgehead atoms. The van der Waals surface area contributed by atoms with E-state index >= 15 is 0 Å². The van der Waals surface area contributed by atoms with Crippen molar-refractivity contribution in [3.8, 4) is 0 Å². The van der Waals surface area contributed by atoms with Gasteiger partial charge in [-0.05, 0) is 19.3 Å². The first kappa shape index (κ1) is 9.98. The molecule has 0 spiro atoms. The molecule has 1 heterocycles. The van der Waals surface area contributed by atoms with Crippen LogP contribution in [0.1, 0.15) is 19.3 Å². The first-order chi connectivity index (χ1) is 6.34. The summed E-state index contributed by atoms with van der Waals surface area (Å²) < 4.78 is 0. The van der Waals surface area contributed by atoms with E-state index in [9.17, 15) is 9.59 Å². The molecule has 1 aliphatic heterocycles. The third-order valence-corrected chi connectivity index (χ3v) is 1.88. The van der Waals surface area contributed by atoms with Gasteiger partial charge in [0, 0.05) is 13.1 Å². The van der Waals surface area contributed by atoms with Gasteiger partial charge in [0.2, 0.25) is 0 Å². The molecule has 0 atom stereocenters. The van der Waals surface area contributed by atoms with Crippen molar-refractivity contribution in [2.45, 2.75) is 19.3 Å². The largest absolute Gasteiger partial charge is 0.441 e. The second kappa shape index (κ2) is 5.53. The third-order valence-electron chi connectivity index (χ3n) is 1.88. The highest BCUT2D eigenvalue weighted by molar-refractivity contribution is 5.67. The molecule has 0 aromatic rings. The maximum Gasteiger partial charge on any atom is 0.441 e. The minimum absolute atomic E-state index is 0.209. The van der Waals surface area contributed by atoms with Crippen molar-refractivity contribution < 1.29 is 19.4 Å². The molecule has 0 N–H and O–H groups in total. The van der Waals surface area contributed by atoms with Crippen molar-refractivity contribution >= 4 is 12.4 Å². The number of nitrogens with zero attached hydrogens (tertiary/aromatic N) is 1. The topological polar surface area (TPSA) is 55.8 Å². The predicted molar refractivity (Wildman–Crippen MR) is 43.9 cm³/mol. The predicted octanol–water partition coefficient (Wildman–Crippen LogP) is 0.739. The average Bonchev–Trinajstić information content (AvgIpc) is 2.19. The van der Waals surface area contributed by atoms with Crippen molar-refractivity contribution in [1.29, 1.82) is 0 Å². The number of carbonyl (C=O) groups excluding carboxylic acids is 2. The fourth-order valence-electron chi connectivity index (χ4n) is 1.24. The van der Waals surface area contributed by atoms with Gasteiger partial charge in [-0.15, -0.1) is 0 Å². The van der Waals surface area contributed by atoms with Gasteiger partial charge in [0.25, 0.3) is 0 Å². The van der Waals surface area contributed by atoms with Gasteiger partial charge in [0.05, 0.1) is 0 Å². The normalized spacial score (nSPS) is 16.8. The van der Waals surface area contributed by atoms with E-state index in [1.165, 1.54) is 0 Å². The molecule has 1 amide bonds. The number of rotatable bonds is 3. The van der Waals surface area contributed by atoms with Crippen LogP contribution in [-0.4, -0.2) is 37.0 Å². The summed E-state index contributed by atoms with van der Waals surface area (Å²) in [7, 11) is 0. The monoisotopic (exact) mass is 187 g/mol. The van der Waals surface area contributed by atoms with Crippen molar-refractivity contribution in [3.63, 3.8) is 0 Å². The van der Waals surface area contributed by atoms with Crippen LogP contribution in [0.2, 0.25) is 0 Å².